The summed E-state index contributed by atoms with van der Waals surface area (Å²) < 4.78 is 11.1. The second-order valence-corrected chi connectivity index (χ2v) is 7.27. The molecule has 0 spiro atoms. The Labute approximate surface area is 173 Å². The van der Waals surface area contributed by atoms with Crippen LogP contribution in [0.1, 0.15) is 33.5 Å². The van der Waals surface area contributed by atoms with Gasteiger partial charge in [0, 0.05) is 19.1 Å². The van der Waals surface area contributed by atoms with Gasteiger partial charge in [-0.1, -0.05) is 48.6 Å². The summed E-state index contributed by atoms with van der Waals surface area (Å²) in [4.78, 5) is 15.0. The van der Waals surface area contributed by atoms with E-state index in [0.29, 0.717) is 24.0 Å². The zero-order valence-electron chi connectivity index (χ0n) is 17.1. The zero-order chi connectivity index (χ0) is 20.6. The van der Waals surface area contributed by atoms with E-state index in [9.17, 15) is 4.79 Å². The van der Waals surface area contributed by atoms with Gasteiger partial charge < -0.3 is 9.47 Å². The highest BCUT2D eigenvalue weighted by atomic mass is 16.5. The smallest absolute Gasteiger partial charge is 0.341 e. The summed E-state index contributed by atoms with van der Waals surface area (Å²) in [5.41, 5.74) is 3.87. The Hall–Kier alpha value is -2.85. The van der Waals surface area contributed by atoms with E-state index in [1.165, 1.54) is 12.7 Å². The fourth-order valence-corrected chi connectivity index (χ4v) is 4.01. The molecule has 4 heteroatoms. The number of ether oxygens (including phenoxy) is 2. The van der Waals surface area contributed by atoms with Crippen molar-refractivity contribution in [1.82, 2.24) is 4.90 Å². The number of carbonyl (C=O) groups excluding carboxylic acids is 1. The molecule has 0 aliphatic heterocycles. The number of hydrogen-bond acceptors (Lipinski definition) is 4. The van der Waals surface area contributed by atoms with Crippen LogP contribution in [0.5, 0.6) is 5.75 Å². The third-order valence-electron chi connectivity index (χ3n) is 5.43. The molecule has 1 aliphatic carbocycles. The summed E-state index contributed by atoms with van der Waals surface area (Å²) in [5.74, 6) is 0.254. The highest BCUT2D eigenvalue weighted by Gasteiger charge is 2.29. The zero-order valence-corrected chi connectivity index (χ0v) is 17.1. The van der Waals surface area contributed by atoms with E-state index < -0.39 is 0 Å². The first kappa shape index (κ1) is 20.9. The normalized spacial score (nSPS) is 15.4. The molecule has 1 atom stereocenters. The van der Waals surface area contributed by atoms with Crippen molar-refractivity contribution in [2.75, 3.05) is 20.2 Å². The number of methoxy groups -OCH3 is 1. The molecule has 3 rings (SSSR count). The topological polar surface area (TPSA) is 38.8 Å². The van der Waals surface area contributed by atoms with Crippen LogP contribution in [0.3, 0.4) is 0 Å². The number of benzene rings is 2. The molecule has 0 bridgehead atoms. The van der Waals surface area contributed by atoms with Gasteiger partial charge in [0.25, 0.3) is 0 Å². The summed E-state index contributed by atoms with van der Waals surface area (Å²) in [6.45, 7) is 9.82. The lowest BCUT2D eigenvalue weighted by atomic mass is 9.84. The predicted octanol–water partition coefficient (Wildman–Crippen LogP) is 4.58. The van der Waals surface area contributed by atoms with Crippen LogP contribution in [0.2, 0.25) is 0 Å². The Morgan fingerprint density at radius 3 is 2.52 bits per heavy atom. The summed E-state index contributed by atoms with van der Waals surface area (Å²) in [5, 5.41) is 0. The van der Waals surface area contributed by atoms with Gasteiger partial charge in [-0.2, -0.15) is 0 Å². The van der Waals surface area contributed by atoms with E-state index in [1.54, 1.807) is 0 Å². The van der Waals surface area contributed by atoms with Gasteiger partial charge in [-0.05, 0) is 42.0 Å². The van der Waals surface area contributed by atoms with Gasteiger partial charge >= 0.3 is 5.97 Å². The van der Waals surface area contributed by atoms with Gasteiger partial charge in [0.15, 0.2) is 0 Å². The molecule has 0 fully saturated rings. The lowest BCUT2D eigenvalue weighted by molar-refractivity contribution is 0.0593. The van der Waals surface area contributed by atoms with Crippen molar-refractivity contribution >= 4 is 5.97 Å². The highest BCUT2D eigenvalue weighted by Crippen LogP contribution is 2.33. The molecule has 0 heterocycles. The number of carbonyl (C=O) groups is 1. The Balaban J connectivity index is 1.86. The second kappa shape index (κ2) is 10.1. The number of nitrogens with zero attached hydrogens (tertiary/aromatic N) is 1. The Morgan fingerprint density at radius 1 is 1.14 bits per heavy atom. The van der Waals surface area contributed by atoms with Crippen LogP contribution in [-0.2, 0) is 24.2 Å². The minimum absolute atomic E-state index is 0.336. The van der Waals surface area contributed by atoms with Crippen LogP contribution >= 0.6 is 0 Å². The maximum atomic E-state index is 12.6. The van der Waals surface area contributed by atoms with Crippen LogP contribution in [-0.4, -0.2) is 37.1 Å². The van der Waals surface area contributed by atoms with Crippen molar-refractivity contribution in [2.45, 2.75) is 31.9 Å². The van der Waals surface area contributed by atoms with Crippen molar-refractivity contribution in [3.8, 4) is 5.75 Å². The van der Waals surface area contributed by atoms with Gasteiger partial charge in [-0.25, -0.2) is 4.79 Å². The van der Waals surface area contributed by atoms with E-state index >= 15 is 0 Å². The predicted molar refractivity (Wildman–Crippen MR) is 116 cm³/mol. The summed E-state index contributed by atoms with van der Waals surface area (Å²) in [7, 11) is 1.42. The van der Waals surface area contributed by atoms with E-state index in [0.717, 1.165) is 43.5 Å². The molecule has 0 amide bonds. The Bertz CT molecular complexity index is 850. The van der Waals surface area contributed by atoms with Crippen molar-refractivity contribution in [2.24, 2.45) is 0 Å². The second-order valence-electron chi connectivity index (χ2n) is 7.27. The summed E-state index contributed by atoms with van der Waals surface area (Å²) in [6.07, 6.45) is 6.54. The summed E-state index contributed by atoms with van der Waals surface area (Å²) >= 11 is 0. The molecule has 1 unspecified atom stereocenters. The van der Waals surface area contributed by atoms with Crippen molar-refractivity contribution in [1.29, 1.82) is 0 Å². The van der Waals surface area contributed by atoms with Crippen molar-refractivity contribution in [3.63, 3.8) is 0 Å². The Morgan fingerprint density at radius 2 is 1.86 bits per heavy atom. The summed E-state index contributed by atoms with van der Waals surface area (Å²) in [6, 6.07) is 14.3. The SMILES string of the molecule is C=CCN(CC=C)C1CCc2c(ccc(OCc3ccccc3)c2C(=O)OC)C1. The third-order valence-corrected chi connectivity index (χ3v) is 5.43. The molecule has 2 aromatic carbocycles. The molecule has 4 nitrogen and oxygen atoms in total. The molecule has 0 radical (unpaired) electrons. The number of hydrogen-bond donors (Lipinski definition) is 0. The molecule has 0 saturated heterocycles. The van der Waals surface area contributed by atoms with Crippen molar-refractivity contribution < 1.29 is 14.3 Å². The average molecular weight is 392 g/mol. The number of fused-ring (bicyclic) bond motifs is 1. The first-order valence-electron chi connectivity index (χ1n) is 10.0. The molecule has 29 heavy (non-hydrogen) atoms. The minimum Gasteiger partial charge on any atom is -0.488 e. The fraction of sp³-hybridized carbons (Fsp3) is 0.320. The van der Waals surface area contributed by atoms with Crippen LogP contribution in [0.15, 0.2) is 67.8 Å². The molecular formula is C25H29NO3. The number of rotatable bonds is 9. The molecular weight excluding hydrogens is 362 g/mol. The first-order chi connectivity index (χ1) is 14.2. The minimum atomic E-state index is -0.336. The largest absolute Gasteiger partial charge is 0.488 e. The monoisotopic (exact) mass is 391 g/mol. The van der Waals surface area contributed by atoms with Crippen LogP contribution in [0.4, 0.5) is 0 Å². The maximum absolute atomic E-state index is 12.6. The first-order valence-corrected chi connectivity index (χ1v) is 10.0. The third kappa shape index (κ3) is 4.96. The molecule has 0 N–H and O–H groups in total. The van der Waals surface area contributed by atoms with E-state index in [1.807, 2.05) is 48.6 Å². The van der Waals surface area contributed by atoms with Gasteiger partial charge in [-0.3, -0.25) is 4.90 Å². The quantitative estimate of drug-likeness (QED) is 0.463. The Kier molecular flexibility index (Phi) is 7.25. The van der Waals surface area contributed by atoms with E-state index in [2.05, 4.69) is 24.1 Å². The average Bonchev–Trinajstić information content (AvgIpc) is 2.77. The van der Waals surface area contributed by atoms with Gasteiger partial charge in [0.05, 0.1) is 7.11 Å². The fourth-order valence-electron chi connectivity index (χ4n) is 4.01. The van der Waals surface area contributed by atoms with Crippen LogP contribution in [0, 0.1) is 0 Å². The molecule has 152 valence electrons. The maximum Gasteiger partial charge on any atom is 0.341 e. The van der Waals surface area contributed by atoms with Crippen LogP contribution in [0.25, 0.3) is 0 Å². The number of esters is 1. The van der Waals surface area contributed by atoms with Crippen molar-refractivity contribution in [3.05, 3.63) is 90.0 Å². The molecule has 0 aromatic heterocycles. The van der Waals surface area contributed by atoms with Gasteiger partial charge in [0.1, 0.15) is 17.9 Å². The van der Waals surface area contributed by atoms with E-state index in [-0.39, 0.29) is 5.97 Å². The lowest BCUT2D eigenvalue weighted by Crippen LogP contribution is -2.40. The molecule has 1 aliphatic rings. The standard InChI is InChI=1S/C25H29NO3/c1-4-15-26(16-5-2)21-12-13-22-20(17-21)11-14-23(24(22)25(27)28-3)29-18-19-9-7-6-8-10-19/h4-11,14,21H,1-2,12-13,15-18H2,3H3. The van der Waals surface area contributed by atoms with Gasteiger partial charge in [0.2, 0.25) is 0 Å². The lowest BCUT2D eigenvalue weighted by Gasteiger charge is -2.34. The van der Waals surface area contributed by atoms with E-state index in [4.69, 9.17) is 9.47 Å². The van der Waals surface area contributed by atoms with Gasteiger partial charge in [-0.15, -0.1) is 13.2 Å². The molecule has 2 aromatic rings. The molecule has 0 saturated carbocycles. The van der Waals surface area contributed by atoms with Crippen LogP contribution < -0.4 is 4.74 Å². The highest BCUT2D eigenvalue weighted by molar-refractivity contribution is 5.94.